The lowest BCUT2D eigenvalue weighted by Gasteiger charge is -2.24. The van der Waals surface area contributed by atoms with Crippen LogP contribution >= 0.6 is 0 Å². The molecule has 0 bridgehead atoms. The van der Waals surface area contributed by atoms with Crippen LogP contribution < -0.4 is 0 Å². The fourth-order valence-electron chi connectivity index (χ4n) is 4.43. The maximum atomic E-state index is 13.0. The van der Waals surface area contributed by atoms with E-state index in [1.807, 2.05) is 38.1 Å². The number of nitrogens with one attached hydrogen (secondary N) is 1. The van der Waals surface area contributed by atoms with Crippen LogP contribution in [0.15, 0.2) is 48.5 Å². The lowest BCUT2D eigenvalue weighted by molar-refractivity contribution is 0.0465. The van der Waals surface area contributed by atoms with E-state index in [-0.39, 0.29) is 23.7 Å². The van der Waals surface area contributed by atoms with Gasteiger partial charge in [-0.2, -0.15) is 0 Å². The maximum absolute atomic E-state index is 13.0. The topological polar surface area (TPSA) is 59.2 Å². The summed E-state index contributed by atoms with van der Waals surface area (Å²) in [5.74, 6) is -0.225. The molecule has 32 heavy (non-hydrogen) atoms. The van der Waals surface area contributed by atoms with Crippen molar-refractivity contribution in [2.24, 2.45) is 0 Å². The van der Waals surface area contributed by atoms with E-state index < -0.39 is 5.97 Å². The van der Waals surface area contributed by atoms with Crippen molar-refractivity contribution in [3.63, 3.8) is 0 Å². The number of H-pyrrole nitrogens is 1. The smallest absolute Gasteiger partial charge is 0.355 e. The van der Waals surface area contributed by atoms with Crippen molar-refractivity contribution in [1.29, 1.82) is 0 Å². The van der Waals surface area contributed by atoms with Gasteiger partial charge in [0.1, 0.15) is 12.3 Å². The van der Waals surface area contributed by atoms with Crippen LogP contribution in [0.5, 0.6) is 0 Å². The Hall–Kier alpha value is -3.14. The SMILES string of the molecule is Cc1ccc(COC(=O)c2[nH]c3c(c2C)C(=O)C[C@@H](c2ccc(C(C)(C)C)cc2)C3)cc1. The van der Waals surface area contributed by atoms with E-state index in [1.165, 1.54) is 5.56 Å². The third kappa shape index (κ3) is 4.40. The first-order valence-corrected chi connectivity index (χ1v) is 11.2. The fraction of sp³-hybridized carbons (Fsp3) is 0.357. The third-order valence-electron chi connectivity index (χ3n) is 6.43. The molecule has 0 radical (unpaired) electrons. The minimum Gasteiger partial charge on any atom is -0.456 e. The number of hydrogen-bond donors (Lipinski definition) is 1. The normalized spacial score (nSPS) is 16.0. The number of rotatable bonds is 4. The van der Waals surface area contributed by atoms with Crippen molar-refractivity contribution in [2.75, 3.05) is 0 Å². The number of aromatic nitrogens is 1. The standard InChI is InChI=1S/C28H31NO3/c1-17-6-8-19(9-7-17)16-32-27(31)26-18(2)25-23(29-26)14-21(15-24(25)30)20-10-12-22(13-11-20)28(3,4)5/h6-13,21,29H,14-16H2,1-5H3/t21-/m0/s1. The third-order valence-corrected chi connectivity index (χ3v) is 6.43. The van der Waals surface area contributed by atoms with E-state index in [0.29, 0.717) is 29.7 Å². The monoisotopic (exact) mass is 429 g/mol. The molecule has 1 aromatic heterocycles. The van der Waals surface area contributed by atoms with Crippen LogP contribution in [-0.2, 0) is 23.2 Å². The molecule has 1 aliphatic carbocycles. The van der Waals surface area contributed by atoms with Crippen molar-refractivity contribution < 1.29 is 14.3 Å². The van der Waals surface area contributed by atoms with Crippen molar-refractivity contribution >= 4 is 11.8 Å². The molecule has 3 aromatic rings. The summed E-state index contributed by atoms with van der Waals surface area (Å²) in [6, 6.07) is 16.5. The van der Waals surface area contributed by atoms with Gasteiger partial charge in [-0.15, -0.1) is 0 Å². The Morgan fingerprint density at radius 1 is 1.00 bits per heavy atom. The van der Waals surface area contributed by atoms with Gasteiger partial charge in [-0.05, 0) is 53.9 Å². The summed E-state index contributed by atoms with van der Waals surface area (Å²) >= 11 is 0. The zero-order valence-corrected chi connectivity index (χ0v) is 19.5. The van der Waals surface area contributed by atoms with Gasteiger partial charge in [0.2, 0.25) is 0 Å². The number of fused-ring (bicyclic) bond motifs is 1. The molecule has 0 saturated heterocycles. The van der Waals surface area contributed by atoms with Gasteiger partial charge >= 0.3 is 5.97 Å². The van der Waals surface area contributed by atoms with E-state index in [2.05, 4.69) is 50.0 Å². The highest BCUT2D eigenvalue weighted by atomic mass is 16.5. The molecular weight excluding hydrogens is 398 g/mol. The van der Waals surface area contributed by atoms with Crippen molar-refractivity contribution in [3.05, 3.63) is 93.3 Å². The van der Waals surface area contributed by atoms with Crippen LogP contribution in [0.25, 0.3) is 0 Å². The Kier molecular flexibility index (Phi) is 5.81. The van der Waals surface area contributed by atoms with E-state index in [9.17, 15) is 9.59 Å². The minimum absolute atomic E-state index is 0.0856. The number of benzene rings is 2. The van der Waals surface area contributed by atoms with Crippen LogP contribution in [0, 0.1) is 13.8 Å². The molecule has 4 rings (SSSR count). The van der Waals surface area contributed by atoms with Crippen LogP contribution in [0.3, 0.4) is 0 Å². The zero-order chi connectivity index (χ0) is 23.0. The molecule has 0 saturated carbocycles. The average molecular weight is 430 g/mol. The Labute approximate surface area is 190 Å². The molecule has 0 aliphatic heterocycles. The summed E-state index contributed by atoms with van der Waals surface area (Å²) in [5, 5.41) is 0. The molecule has 0 unspecified atom stereocenters. The maximum Gasteiger partial charge on any atom is 0.355 e. The number of hydrogen-bond acceptors (Lipinski definition) is 3. The summed E-state index contributed by atoms with van der Waals surface area (Å²) in [6.45, 7) is 10.6. The second-order valence-electron chi connectivity index (χ2n) is 9.94. The Morgan fingerprint density at radius 2 is 1.66 bits per heavy atom. The summed E-state index contributed by atoms with van der Waals surface area (Å²) in [6.07, 6.45) is 1.17. The Morgan fingerprint density at radius 3 is 2.28 bits per heavy atom. The highest BCUT2D eigenvalue weighted by Crippen LogP contribution is 2.36. The van der Waals surface area contributed by atoms with Crippen LogP contribution in [0.1, 0.15) is 87.5 Å². The number of ether oxygens (including phenoxy) is 1. The highest BCUT2D eigenvalue weighted by Gasteiger charge is 2.32. The molecule has 0 fully saturated rings. The second-order valence-corrected chi connectivity index (χ2v) is 9.94. The summed E-state index contributed by atoms with van der Waals surface area (Å²) in [5.41, 5.74) is 7.21. The molecule has 4 heteroatoms. The molecule has 4 nitrogen and oxygen atoms in total. The van der Waals surface area contributed by atoms with Crippen LogP contribution in [0.4, 0.5) is 0 Å². The molecule has 166 valence electrons. The minimum atomic E-state index is -0.420. The summed E-state index contributed by atoms with van der Waals surface area (Å²) in [4.78, 5) is 29.0. The summed E-state index contributed by atoms with van der Waals surface area (Å²) in [7, 11) is 0. The molecule has 1 heterocycles. The van der Waals surface area contributed by atoms with E-state index in [4.69, 9.17) is 4.74 Å². The predicted molar refractivity (Wildman–Crippen MR) is 126 cm³/mol. The molecule has 2 aromatic carbocycles. The average Bonchev–Trinajstić information content (AvgIpc) is 3.09. The summed E-state index contributed by atoms with van der Waals surface area (Å²) < 4.78 is 5.52. The molecule has 1 atom stereocenters. The van der Waals surface area contributed by atoms with Gasteiger partial charge in [-0.1, -0.05) is 74.9 Å². The predicted octanol–water partition coefficient (Wildman–Crippen LogP) is 6.20. The Balaban J connectivity index is 1.51. The molecule has 1 N–H and O–H groups in total. The van der Waals surface area contributed by atoms with Gasteiger partial charge in [0.15, 0.2) is 5.78 Å². The number of carbonyl (C=O) groups is 2. The molecule has 0 amide bonds. The van der Waals surface area contributed by atoms with Crippen LogP contribution in [0.2, 0.25) is 0 Å². The van der Waals surface area contributed by atoms with Crippen molar-refractivity contribution in [2.45, 2.75) is 65.4 Å². The fourth-order valence-corrected chi connectivity index (χ4v) is 4.43. The molecule has 0 spiro atoms. The second kappa shape index (κ2) is 8.42. The number of aryl methyl sites for hydroxylation is 1. The van der Waals surface area contributed by atoms with Gasteiger partial charge in [0, 0.05) is 17.7 Å². The van der Waals surface area contributed by atoms with E-state index in [0.717, 1.165) is 22.4 Å². The number of Topliss-reactive ketones (excluding diaryl/α,β-unsaturated/α-hetero) is 1. The number of esters is 1. The van der Waals surface area contributed by atoms with E-state index >= 15 is 0 Å². The number of ketones is 1. The molecule has 1 aliphatic rings. The Bertz CT molecular complexity index is 1150. The van der Waals surface area contributed by atoms with Crippen molar-refractivity contribution in [3.8, 4) is 0 Å². The van der Waals surface area contributed by atoms with Gasteiger partial charge < -0.3 is 9.72 Å². The highest BCUT2D eigenvalue weighted by molar-refractivity contribution is 6.03. The van der Waals surface area contributed by atoms with Gasteiger partial charge in [0.25, 0.3) is 0 Å². The largest absolute Gasteiger partial charge is 0.456 e. The van der Waals surface area contributed by atoms with Gasteiger partial charge in [0.05, 0.1) is 0 Å². The molecular formula is C28H31NO3. The number of aromatic amines is 1. The lowest BCUT2D eigenvalue weighted by Crippen LogP contribution is -2.19. The van der Waals surface area contributed by atoms with Crippen LogP contribution in [-0.4, -0.2) is 16.7 Å². The quantitative estimate of drug-likeness (QED) is 0.502. The zero-order valence-electron chi connectivity index (χ0n) is 19.5. The first kappa shape index (κ1) is 22.1. The van der Waals surface area contributed by atoms with Crippen molar-refractivity contribution in [1.82, 2.24) is 4.98 Å². The first-order chi connectivity index (χ1) is 15.1. The lowest BCUT2D eigenvalue weighted by atomic mass is 9.80. The number of carbonyl (C=O) groups excluding carboxylic acids is 2. The van der Waals surface area contributed by atoms with Gasteiger partial charge in [-0.25, -0.2) is 4.79 Å². The van der Waals surface area contributed by atoms with E-state index in [1.54, 1.807) is 0 Å². The first-order valence-electron chi connectivity index (χ1n) is 11.2. The van der Waals surface area contributed by atoms with Gasteiger partial charge in [-0.3, -0.25) is 4.79 Å².